The highest BCUT2D eigenvalue weighted by Gasteiger charge is 2.50. The summed E-state index contributed by atoms with van der Waals surface area (Å²) in [5, 5.41) is 0. The van der Waals surface area contributed by atoms with Crippen LogP contribution in [0.25, 0.3) is 0 Å². The van der Waals surface area contributed by atoms with E-state index < -0.39 is 0 Å². The molecule has 0 aliphatic heterocycles. The molecule has 0 spiro atoms. The molecule has 1 aromatic carbocycles. The second kappa shape index (κ2) is 5.89. The Kier molecular flexibility index (Phi) is 4.30. The van der Waals surface area contributed by atoms with Crippen molar-refractivity contribution in [3.05, 3.63) is 28.3 Å². The fourth-order valence-corrected chi connectivity index (χ4v) is 5.89. The summed E-state index contributed by atoms with van der Waals surface area (Å²) in [6.45, 7) is 11.8. The van der Waals surface area contributed by atoms with Gasteiger partial charge in [0.05, 0.1) is 12.7 Å². The SMILES string of the molecule is COc1c(C=O)cc2c(c1C(C)C)CC[C@H]1C(C)(C)CCC[C@]21C. The molecule has 2 atom stereocenters. The monoisotopic (exact) mass is 328 g/mol. The predicted octanol–water partition coefficient (Wildman–Crippen LogP) is 5.66. The molecular weight excluding hydrogens is 296 g/mol. The molecule has 2 nitrogen and oxygen atoms in total. The third kappa shape index (κ3) is 2.41. The lowest BCUT2D eigenvalue weighted by Gasteiger charge is -2.55. The Hall–Kier alpha value is -1.31. The van der Waals surface area contributed by atoms with E-state index in [2.05, 4.69) is 40.7 Å². The molecule has 3 rings (SSSR count). The highest BCUT2D eigenvalue weighted by molar-refractivity contribution is 5.82. The number of aldehydes is 1. The van der Waals surface area contributed by atoms with Crippen molar-refractivity contribution in [1.82, 2.24) is 0 Å². The van der Waals surface area contributed by atoms with Crippen molar-refractivity contribution in [1.29, 1.82) is 0 Å². The van der Waals surface area contributed by atoms with Crippen molar-refractivity contribution >= 4 is 6.29 Å². The summed E-state index contributed by atoms with van der Waals surface area (Å²) in [5.41, 5.74) is 5.44. The number of rotatable bonds is 3. The van der Waals surface area contributed by atoms with Crippen LogP contribution in [0.4, 0.5) is 0 Å². The molecule has 1 saturated carbocycles. The standard InChI is InChI=1S/C22H32O2/c1-14(2)19-16-8-9-18-21(3,4)10-7-11-22(18,5)17(16)12-15(13-23)20(19)24-6/h12-14,18H,7-11H2,1-6H3/t18-,22+/m0/s1. The smallest absolute Gasteiger partial charge is 0.153 e. The van der Waals surface area contributed by atoms with Crippen molar-refractivity contribution in [2.75, 3.05) is 7.11 Å². The summed E-state index contributed by atoms with van der Waals surface area (Å²) in [5.74, 6) is 1.86. The molecule has 132 valence electrons. The molecule has 24 heavy (non-hydrogen) atoms. The molecule has 0 aromatic heterocycles. The number of fused-ring (bicyclic) bond motifs is 3. The molecule has 0 N–H and O–H groups in total. The number of methoxy groups -OCH3 is 1. The Morgan fingerprint density at radius 3 is 2.54 bits per heavy atom. The van der Waals surface area contributed by atoms with E-state index in [-0.39, 0.29) is 5.41 Å². The molecule has 1 fully saturated rings. The first-order valence-electron chi connectivity index (χ1n) is 9.45. The predicted molar refractivity (Wildman–Crippen MR) is 99.3 cm³/mol. The summed E-state index contributed by atoms with van der Waals surface area (Å²) >= 11 is 0. The Morgan fingerprint density at radius 1 is 1.25 bits per heavy atom. The number of hydrogen-bond acceptors (Lipinski definition) is 2. The maximum absolute atomic E-state index is 11.8. The average Bonchev–Trinajstić information content (AvgIpc) is 2.51. The van der Waals surface area contributed by atoms with E-state index in [0.717, 1.165) is 24.0 Å². The van der Waals surface area contributed by atoms with Gasteiger partial charge in [0.1, 0.15) is 5.75 Å². The molecular formula is C22H32O2. The van der Waals surface area contributed by atoms with Crippen LogP contribution in [-0.2, 0) is 11.8 Å². The van der Waals surface area contributed by atoms with Crippen molar-refractivity contribution < 1.29 is 9.53 Å². The van der Waals surface area contributed by atoms with Crippen molar-refractivity contribution in [2.24, 2.45) is 11.3 Å². The van der Waals surface area contributed by atoms with E-state index in [4.69, 9.17) is 4.74 Å². The van der Waals surface area contributed by atoms with Crippen LogP contribution < -0.4 is 4.74 Å². The van der Waals surface area contributed by atoms with Gasteiger partial charge < -0.3 is 4.74 Å². The summed E-state index contributed by atoms with van der Waals surface area (Å²) < 4.78 is 5.67. The minimum atomic E-state index is 0.184. The third-order valence-corrected chi connectivity index (χ3v) is 6.89. The fraction of sp³-hybridized carbons (Fsp3) is 0.682. The third-order valence-electron chi connectivity index (χ3n) is 6.89. The van der Waals surface area contributed by atoms with Gasteiger partial charge in [-0.1, -0.05) is 41.0 Å². The van der Waals surface area contributed by atoms with E-state index >= 15 is 0 Å². The van der Waals surface area contributed by atoms with Crippen molar-refractivity contribution in [2.45, 2.75) is 78.1 Å². The molecule has 0 unspecified atom stereocenters. The van der Waals surface area contributed by atoms with Crippen LogP contribution in [0.2, 0.25) is 0 Å². The number of carbonyl (C=O) groups excluding carboxylic acids is 1. The quantitative estimate of drug-likeness (QED) is 0.669. The van der Waals surface area contributed by atoms with Crippen LogP contribution in [0, 0.1) is 11.3 Å². The second-order valence-electron chi connectivity index (χ2n) is 9.06. The molecule has 0 heterocycles. The maximum Gasteiger partial charge on any atom is 0.153 e. The van der Waals surface area contributed by atoms with Gasteiger partial charge in [-0.15, -0.1) is 0 Å². The molecule has 1 aromatic rings. The number of hydrogen-bond donors (Lipinski definition) is 0. The van der Waals surface area contributed by atoms with E-state index in [0.29, 0.717) is 17.3 Å². The fourth-order valence-electron chi connectivity index (χ4n) is 5.89. The van der Waals surface area contributed by atoms with Crippen LogP contribution in [0.5, 0.6) is 5.75 Å². The van der Waals surface area contributed by atoms with E-state index in [1.807, 2.05) is 0 Å². The molecule has 0 amide bonds. The summed E-state index contributed by atoms with van der Waals surface area (Å²) in [4.78, 5) is 11.8. The molecule has 0 saturated heterocycles. The number of benzene rings is 1. The van der Waals surface area contributed by atoms with Gasteiger partial charge in [0.25, 0.3) is 0 Å². The largest absolute Gasteiger partial charge is 0.496 e. The topological polar surface area (TPSA) is 26.3 Å². The van der Waals surface area contributed by atoms with Gasteiger partial charge in [0.15, 0.2) is 6.29 Å². The van der Waals surface area contributed by atoms with E-state index in [1.54, 1.807) is 7.11 Å². The highest BCUT2D eigenvalue weighted by Crippen LogP contribution is 2.58. The van der Waals surface area contributed by atoms with Crippen molar-refractivity contribution in [3.8, 4) is 5.75 Å². The first kappa shape index (κ1) is 17.5. The highest BCUT2D eigenvalue weighted by atomic mass is 16.5. The molecule has 0 radical (unpaired) electrons. The lowest BCUT2D eigenvalue weighted by Crippen LogP contribution is -2.48. The first-order valence-corrected chi connectivity index (χ1v) is 9.45. The van der Waals surface area contributed by atoms with Crippen LogP contribution >= 0.6 is 0 Å². The van der Waals surface area contributed by atoms with Gasteiger partial charge in [-0.2, -0.15) is 0 Å². The lowest BCUT2D eigenvalue weighted by molar-refractivity contribution is 0.0404. The van der Waals surface area contributed by atoms with Gasteiger partial charge in [-0.25, -0.2) is 0 Å². The molecule has 2 aliphatic carbocycles. The number of ether oxygens (including phenoxy) is 1. The Morgan fingerprint density at radius 2 is 1.96 bits per heavy atom. The normalized spacial score (nSPS) is 28.2. The Balaban J connectivity index is 2.27. The molecule has 2 aliphatic rings. The van der Waals surface area contributed by atoms with Gasteiger partial charge in [0.2, 0.25) is 0 Å². The van der Waals surface area contributed by atoms with Gasteiger partial charge in [-0.3, -0.25) is 4.79 Å². The zero-order valence-corrected chi connectivity index (χ0v) is 16.2. The Labute approximate surface area is 147 Å². The van der Waals surface area contributed by atoms with Crippen LogP contribution in [-0.4, -0.2) is 13.4 Å². The first-order chi connectivity index (χ1) is 11.3. The summed E-state index contributed by atoms with van der Waals surface area (Å²) in [7, 11) is 1.69. The minimum Gasteiger partial charge on any atom is -0.496 e. The Bertz CT molecular complexity index is 656. The molecule has 2 heteroatoms. The van der Waals surface area contributed by atoms with Crippen LogP contribution in [0.15, 0.2) is 6.07 Å². The van der Waals surface area contributed by atoms with E-state index in [9.17, 15) is 4.79 Å². The van der Waals surface area contributed by atoms with Gasteiger partial charge in [-0.05, 0) is 65.5 Å². The second-order valence-corrected chi connectivity index (χ2v) is 9.06. The zero-order chi connectivity index (χ0) is 17.7. The minimum absolute atomic E-state index is 0.184. The van der Waals surface area contributed by atoms with Crippen LogP contribution in [0.3, 0.4) is 0 Å². The average molecular weight is 328 g/mol. The maximum atomic E-state index is 11.8. The lowest BCUT2D eigenvalue weighted by atomic mass is 9.50. The van der Waals surface area contributed by atoms with E-state index in [1.165, 1.54) is 42.4 Å². The summed E-state index contributed by atoms with van der Waals surface area (Å²) in [6, 6.07) is 2.15. The summed E-state index contributed by atoms with van der Waals surface area (Å²) in [6.07, 6.45) is 7.17. The van der Waals surface area contributed by atoms with Gasteiger partial charge in [0, 0.05) is 5.56 Å². The molecule has 0 bridgehead atoms. The van der Waals surface area contributed by atoms with Crippen LogP contribution in [0.1, 0.15) is 93.3 Å². The van der Waals surface area contributed by atoms with Gasteiger partial charge >= 0.3 is 0 Å². The number of carbonyl (C=O) groups is 1. The zero-order valence-electron chi connectivity index (χ0n) is 16.2. The van der Waals surface area contributed by atoms with Crippen molar-refractivity contribution in [3.63, 3.8) is 0 Å².